The van der Waals surface area contributed by atoms with Gasteiger partial charge in [0.05, 0.1) is 18.9 Å². The van der Waals surface area contributed by atoms with E-state index < -0.39 is 11.9 Å². The Kier molecular flexibility index (Phi) is 7.48. The third-order valence-electron chi connectivity index (χ3n) is 5.91. The standard InChI is InChI=1S/C16H14F2N6S.C11H9NO4/c1-16(17,18)12-8-25-13(22-12)7-24-20-6-11(23-24)14-9-4-2-3-5-10(9)21-15(14)19;1-15-8-4-2-3-7(5-8)10-9(11(13)14)12-6-16-10/h2-6,8,21H,7,19H2,1H3;2-6H,1H3,(H,13,14). The number of thiazole rings is 1. The summed E-state index contributed by atoms with van der Waals surface area (Å²) in [6.45, 7) is 1.05. The highest BCUT2D eigenvalue weighted by molar-refractivity contribution is 7.09. The molecule has 14 heteroatoms. The molecule has 0 aliphatic rings. The number of rotatable bonds is 7. The van der Waals surface area contributed by atoms with Gasteiger partial charge in [0.15, 0.2) is 17.8 Å². The van der Waals surface area contributed by atoms with E-state index >= 15 is 0 Å². The minimum Gasteiger partial charge on any atom is -0.497 e. The van der Waals surface area contributed by atoms with Crippen LogP contribution in [0, 0.1) is 0 Å². The number of para-hydroxylation sites is 1. The molecular formula is C27H23F2N7O4S. The number of aromatic amines is 1. The summed E-state index contributed by atoms with van der Waals surface area (Å²) in [7, 11) is 1.54. The number of hydrogen-bond donors (Lipinski definition) is 3. The van der Waals surface area contributed by atoms with Gasteiger partial charge in [-0.25, -0.2) is 14.8 Å². The van der Waals surface area contributed by atoms with E-state index in [-0.39, 0.29) is 23.7 Å². The first-order chi connectivity index (χ1) is 19.6. The molecule has 210 valence electrons. The van der Waals surface area contributed by atoms with Crippen LogP contribution in [-0.2, 0) is 12.5 Å². The predicted molar refractivity (Wildman–Crippen MR) is 148 cm³/mol. The van der Waals surface area contributed by atoms with Gasteiger partial charge >= 0.3 is 5.97 Å². The molecule has 2 aromatic carbocycles. The van der Waals surface area contributed by atoms with Crippen LogP contribution in [0.5, 0.6) is 5.75 Å². The summed E-state index contributed by atoms with van der Waals surface area (Å²) < 4.78 is 36.7. The first-order valence-electron chi connectivity index (χ1n) is 12.0. The molecule has 0 bridgehead atoms. The topological polar surface area (TPSA) is 158 Å². The molecule has 0 aliphatic carbocycles. The second-order valence-electron chi connectivity index (χ2n) is 8.80. The van der Waals surface area contributed by atoms with Crippen LogP contribution in [0.4, 0.5) is 14.6 Å². The SMILES string of the molecule is CC(F)(F)c1csc(Cn2ncc(-c3c(N)[nH]c4ccccc34)n2)n1.COc1cccc(-c2ocnc2C(=O)O)c1. The number of carbonyl (C=O) groups is 1. The van der Waals surface area contributed by atoms with Crippen molar-refractivity contribution in [2.45, 2.75) is 19.4 Å². The van der Waals surface area contributed by atoms with Crippen molar-refractivity contribution in [1.29, 1.82) is 0 Å². The summed E-state index contributed by atoms with van der Waals surface area (Å²) >= 11 is 1.16. The van der Waals surface area contributed by atoms with Crippen molar-refractivity contribution in [2.24, 2.45) is 0 Å². The van der Waals surface area contributed by atoms with Gasteiger partial charge in [-0.3, -0.25) is 0 Å². The normalized spacial score (nSPS) is 11.3. The number of anilines is 1. The van der Waals surface area contributed by atoms with Crippen LogP contribution >= 0.6 is 11.3 Å². The number of ether oxygens (including phenoxy) is 1. The number of fused-ring (bicyclic) bond motifs is 1. The Morgan fingerprint density at radius 1 is 1.24 bits per heavy atom. The number of carboxylic acid groups (broad SMARTS) is 1. The number of alkyl halides is 2. The van der Waals surface area contributed by atoms with E-state index in [1.807, 2.05) is 24.3 Å². The average Bonchev–Trinajstić information content (AvgIpc) is 3.74. The predicted octanol–water partition coefficient (Wildman–Crippen LogP) is 5.67. The number of nitrogens with two attached hydrogens (primary N) is 1. The van der Waals surface area contributed by atoms with Crippen molar-refractivity contribution in [3.05, 3.63) is 82.9 Å². The molecule has 11 nitrogen and oxygen atoms in total. The van der Waals surface area contributed by atoms with Gasteiger partial charge in [0.25, 0.3) is 5.92 Å². The van der Waals surface area contributed by atoms with Crippen molar-refractivity contribution in [1.82, 2.24) is 29.9 Å². The molecule has 4 aromatic heterocycles. The van der Waals surface area contributed by atoms with Crippen LogP contribution < -0.4 is 10.5 Å². The van der Waals surface area contributed by atoms with E-state index in [1.54, 1.807) is 30.5 Å². The minimum absolute atomic E-state index is 0.103. The van der Waals surface area contributed by atoms with Gasteiger partial charge < -0.3 is 25.0 Å². The zero-order chi connectivity index (χ0) is 29.1. The number of nitrogen functional groups attached to an aromatic ring is 1. The first kappa shape index (κ1) is 27.5. The van der Waals surface area contributed by atoms with Gasteiger partial charge in [0.2, 0.25) is 0 Å². The molecule has 4 N–H and O–H groups in total. The van der Waals surface area contributed by atoms with Crippen LogP contribution in [-0.4, -0.2) is 48.1 Å². The molecule has 41 heavy (non-hydrogen) atoms. The minimum atomic E-state index is -2.95. The van der Waals surface area contributed by atoms with Gasteiger partial charge in [0, 0.05) is 28.8 Å². The summed E-state index contributed by atoms with van der Waals surface area (Å²) in [6, 6.07) is 14.7. The maximum atomic E-state index is 13.3. The van der Waals surface area contributed by atoms with Crippen LogP contribution in [0.2, 0.25) is 0 Å². The number of methoxy groups -OCH3 is 1. The summed E-state index contributed by atoms with van der Waals surface area (Å²) in [5.74, 6) is -2.70. The smallest absolute Gasteiger partial charge is 0.358 e. The Bertz CT molecular complexity index is 1820. The summed E-state index contributed by atoms with van der Waals surface area (Å²) in [4.78, 5) is 23.0. The first-order valence-corrected chi connectivity index (χ1v) is 12.9. The number of hydrogen-bond acceptors (Lipinski definition) is 9. The number of benzene rings is 2. The van der Waals surface area contributed by atoms with Crippen molar-refractivity contribution in [2.75, 3.05) is 12.8 Å². The number of carboxylic acids is 1. The molecule has 0 radical (unpaired) electrons. The van der Waals surface area contributed by atoms with Crippen molar-refractivity contribution < 1.29 is 27.8 Å². The zero-order valence-electron chi connectivity index (χ0n) is 21.7. The summed E-state index contributed by atoms with van der Waals surface area (Å²) in [5, 5.41) is 20.3. The van der Waals surface area contributed by atoms with Gasteiger partial charge in [-0.05, 0) is 18.2 Å². The monoisotopic (exact) mass is 579 g/mol. The molecule has 0 spiro atoms. The summed E-state index contributed by atoms with van der Waals surface area (Å²) in [6.07, 6.45) is 2.72. The summed E-state index contributed by atoms with van der Waals surface area (Å²) in [5.41, 5.74) is 8.67. The van der Waals surface area contributed by atoms with Crippen LogP contribution in [0.25, 0.3) is 33.5 Å². The molecule has 6 rings (SSSR count). The Hall–Kier alpha value is -5.11. The second-order valence-corrected chi connectivity index (χ2v) is 9.74. The number of aromatic nitrogens is 6. The molecule has 0 fully saturated rings. The zero-order valence-corrected chi connectivity index (χ0v) is 22.5. The van der Waals surface area contributed by atoms with E-state index in [9.17, 15) is 13.6 Å². The van der Waals surface area contributed by atoms with Crippen molar-refractivity contribution in [3.8, 4) is 28.3 Å². The molecule has 0 saturated heterocycles. The number of nitrogens with zero attached hydrogens (tertiary/aromatic N) is 5. The third-order valence-corrected chi connectivity index (χ3v) is 6.74. The number of aromatic carboxylic acids is 1. The fourth-order valence-electron chi connectivity index (χ4n) is 4.00. The molecule has 0 unspecified atom stereocenters. The van der Waals surface area contributed by atoms with Crippen LogP contribution in [0.3, 0.4) is 0 Å². The Morgan fingerprint density at radius 3 is 2.78 bits per heavy atom. The van der Waals surface area contributed by atoms with Gasteiger partial charge in [0.1, 0.15) is 34.5 Å². The molecule has 0 amide bonds. The van der Waals surface area contributed by atoms with E-state index in [1.165, 1.54) is 17.3 Å². The molecular weight excluding hydrogens is 556 g/mol. The molecule has 0 aliphatic heterocycles. The molecule has 6 aromatic rings. The quantitative estimate of drug-likeness (QED) is 0.217. The Morgan fingerprint density at radius 2 is 2.05 bits per heavy atom. The highest BCUT2D eigenvalue weighted by atomic mass is 32.1. The fourth-order valence-corrected chi connectivity index (χ4v) is 4.85. The molecule has 0 atom stereocenters. The van der Waals surface area contributed by atoms with Gasteiger partial charge in [-0.15, -0.1) is 11.3 Å². The lowest BCUT2D eigenvalue weighted by Crippen LogP contribution is -2.09. The highest BCUT2D eigenvalue weighted by Crippen LogP contribution is 2.33. The third kappa shape index (κ3) is 5.91. The van der Waals surface area contributed by atoms with Crippen molar-refractivity contribution >= 4 is 34.0 Å². The lowest BCUT2D eigenvalue weighted by atomic mass is 10.1. The Balaban J connectivity index is 0.000000182. The molecule has 0 saturated carbocycles. The maximum Gasteiger partial charge on any atom is 0.358 e. The lowest BCUT2D eigenvalue weighted by Gasteiger charge is -2.04. The van der Waals surface area contributed by atoms with Crippen LogP contribution in [0.1, 0.15) is 28.1 Å². The highest BCUT2D eigenvalue weighted by Gasteiger charge is 2.27. The van der Waals surface area contributed by atoms with E-state index in [0.29, 0.717) is 27.8 Å². The van der Waals surface area contributed by atoms with E-state index in [0.717, 1.165) is 41.1 Å². The van der Waals surface area contributed by atoms with E-state index in [4.69, 9.17) is 20.0 Å². The van der Waals surface area contributed by atoms with Gasteiger partial charge in [-0.2, -0.15) is 23.8 Å². The number of H-pyrrole nitrogens is 1. The largest absolute Gasteiger partial charge is 0.497 e. The lowest BCUT2D eigenvalue weighted by molar-refractivity contribution is 0.0132. The van der Waals surface area contributed by atoms with Gasteiger partial charge in [-0.1, -0.05) is 30.3 Å². The number of oxazole rings is 1. The van der Waals surface area contributed by atoms with Crippen molar-refractivity contribution in [3.63, 3.8) is 0 Å². The van der Waals surface area contributed by atoms with Crippen LogP contribution in [0.15, 0.2) is 70.9 Å². The fraction of sp³-hybridized carbons (Fsp3) is 0.148. The Labute approximate surface area is 235 Å². The number of halogens is 2. The van der Waals surface area contributed by atoms with E-state index in [2.05, 4.69) is 25.1 Å². The maximum absolute atomic E-state index is 13.3. The average molecular weight is 580 g/mol. The second kappa shape index (κ2) is 11.2. The molecule has 4 heterocycles. The number of nitrogens with one attached hydrogen (secondary N) is 1.